The average Bonchev–Trinajstić information content (AvgIpc) is 1.83. The molecular weight excluding hydrogens is 119 g/mol. The Morgan fingerprint density at radius 1 is 1.67 bits per heavy atom. The van der Waals surface area contributed by atoms with Gasteiger partial charge in [0.1, 0.15) is 0 Å². The molecule has 0 amide bonds. The molecule has 0 fully saturated rings. The molecule has 0 aromatic rings. The van der Waals surface area contributed by atoms with Crippen molar-refractivity contribution >= 4 is 6.16 Å². The Morgan fingerprint density at radius 3 is 2.56 bits per heavy atom. The fraction of sp³-hybridized carbons (Fsp3) is 0.750. The molecule has 0 atom stereocenters. The molecule has 0 heterocycles. The normalized spacial score (nSPS) is 7.33. The van der Waals surface area contributed by atoms with Crippen molar-refractivity contribution in [2.45, 2.75) is 0 Å². The zero-order chi connectivity index (χ0) is 6.41. The molecule has 5 heteroatoms. The zero-order valence-corrected chi connectivity index (χ0v) is 5.55. The number of methoxy groups -OCH3 is 1. The first-order chi connectivity index (χ1) is 3.81. The van der Waals surface area contributed by atoms with Gasteiger partial charge in [0, 0.05) is 0 Å². The van der Waals surface area contributed by atoms with Gasteiger partial charge in [0.2, 0.25) is 0 Å². The summed E-state index contributed by atoms with van der Waals surface area (Å²) in [5, 5.41) is 9.62. The molecule has 0 spiro atoms. The van der Waals surface area contributed by atoms with Gasteiger partial charge in [0.05, 0.1) is 13.7 Å². The molecule has 9 heavy (non-hydrogen) atoms. The van der Waals surface area contributed by atoms with Gasteiger partial charge in [-0.05, 0) is 0 Å². The van der Waals surface area contributed by atoms with Crippen molar-refractivity contribution in [3.05, 3.63) is 0 Å². The van der Waals surface area contributed by atoms with Crippen molar-refractivity contribution in [3.8, 4) is 0 Å². The standard InChI is InChI=1S/C4H7O4.Li/c1-7-4(6)8-3-2-5;/h2-3H2,1H3;/q-1;+1. The third-order valence-electron chi connectivity index (χ3n) is 0.470. The van der Waals surface area contributed by atoms with E-state index in [2.05, 4.69) is 9.47 Å². The van der Waals surface area contributed by atoms with E-state index in [9.17, 15) is 9.90 Å². The van der Waals surface area contributed by atoms with E-state index in [1.54, 1.807) is 0 Å². The van der Waals surface area contributed by atoms with Gasteiger partial charge in [-0.3, -0.25) is 0 Å². The van der Waals surface area contributed by atoms with Gasteiger partial charge in [-0.2, -0.15) is 0 Å². The fourth-order valence-electron chi connectivity index (χ4n) is 0.184. The Hall–Kier alpha value is -0.173. The van der Waals surface area contributed by atoms with Gasteiger partial charge in [-0.15, -0.1) is 6.61 Å². The summed E-state index contributed by atoms with van der Waals surface area (Å²) in [6.07, 6.45) is -0.805. The molecule has 48 valence electrons. The minimum absolute atomic E-state index is 0. The number of rotatable bonds is 2. The molecule has 0 aromatic heterocycles. The maximum Gasteiger partial charge on any atom is 1.00 e. The van der Waals surface area contributed by atoms with Crippen LogP contribution in [0.3, 0.4) is 0 Å². The summed E-state index contributed by atoms with van der Waals surface area (Å²) < 4.78 is 8.22. The van der Waals surface area contributed by atoms with Crippen LogP contribution in [0.25, 0.3) is 0 Å². The third kappa shape index (κ3) is 7.83. The van der Waals surface area contributed by atoms with Crippen LogP contribution in [-0.2, 0) is 9.47 Å². The predicted molar refractivity (Wildman–Crippen MR) is 23.2 cm³/mol. The van der Waals surface area contributed by atoms with Crippen LogP contribution < -0.4 is 24.0 Å². The van der Waals surface area contributed by atoms with E-state index in [0.717, 1.165) is 0 Å². The average molecular weight is 126 g/mol. The molecule has 0 saturated heterocycles. The van der Waals surface area contributed by atoms with Crippen LogP contribution in [0.2, 0.25) is 0 Å². The van der Waals surface area contributed by atoms with E-state index < -0.39 is 12.8 Å². The zero-order valence-electron chi connectivity index (χ0n) is 5.55. The van der Waals surface area contributed by atoms with Crippen LogP contribution in [-0.4, -0.2) is 26.5 Å². The van der Waals surface area contributed by atoms with E-state index in [4.69, 9.17) is 0 Å². The first-order valence-electron chi connectivity index (χ1n) is 2.10. The predicted octanol–water partition coefficient (Wildman–Crippen LogP) is -3.87. The van der Waals surface area contributed by atoms with Crippen LogP contribution in [0, 0.1) is 0 Å². The van der Waals surface area contributed by atoms with Crippen molar-refractivity contribution in [1.29, 1.82) is 0 Å². The molecule has 0 aliphatic heterocycles. The van der Waals surface area contributed by atoms with Gasteiger partial charge in [-0.25, -0.2) is 4.79 Å². The first-order valence-corrected chi connectivity index (χ1v) is 2.10. The molecule has 0 N–H and O–H groups in total. The Balaban J connectivity index is 0. The molecule has 0 saturated carbocycles. The molecule has 0 radical (unpaired) electrons. The van der Waals surface area contributed by atoms with E-state index in [0.29, 0.717) is 0 Å². The molecule has 0 unspecified atom stereocenters. The summed E-state index contributed by atoms with van der Waals surface area (Å²) in [4.78, 5) is 9.99. The topological polar surface area (TPSA) is 58.6 Å². The quantitative estimate of drug-likeness (QED) is 0.280. The Morgan fingerprint density at radius 2 is 2.22 bits per heavy atom. The third-order valence-corrected chi connectivity index (χ3v) is 0.470. The molecule has 0 aliphatic carbocycles. The number of carbonyl (C=O) groups excluding carboxylic acids is 1. The van der Waals surface area contributed by atoms with Crippen LogP contribution in [0.1, 0.15) is 0 Å². The van der Waals surface area contributed by atoms with Crippen molar-refractivity contribution in [2.24, 2.45) is 0 Å². The molecule has 0 aliphatic rings. The molecule has 0 bridgehead atoms. The van der Waals surface area contributed by atoms with E-state index >= 15 is 0 Å². The molecule has 0 rings (SSSR count). The minimum Gasteiger partial charge on any atom is -0.852 e. The van der Waals surface area contributed by atoms with Crippen LogP contribution >= 0.6 is 0 Å². The second-order valence-electron chi connectivity index (χ2n) is 1.01. The summed E-state index contributed by atoms with van der Waals surface area (Å²) in [6, 6.07) is 0. The largest absolute Gasteiger partial charge is 1.00 e. The molecular formula is C4H7LiO4. The van der Waals surface area contributed by atoms with Crippen LogP contribution in [0.5, 0.6) is 0 Å². The fourth-order valence-corrected chi connectivity index (χ4v) is 0.184. The minimum atomic E-state index is -0.805. The summed E-state index contributed by atoms with van der Waals surface area (Å²) in [5.74, 6) is 0. The van der Waals surface area contributed by atoms with Gasteiger partial charge in [0.15, 0.2) is 0 Å². The van der Waals surface area contributed by atoms with Crippen molar-refractivity contribution < 1.29 is 38.2 Å². The van der Waals surface area contributed by atoms with Crippen molar-refractivity contribution in [2.75, 3.05) is 20.3 Å². The summed E-state index contributed by atoms with van der Waals surface area (Å²) in [6.45, 7) is -0.540. The van der Waals surface area contributed by atoms with Crippen LogP contribution in [0.15, 0.2) is 0 Å². The molecule has 4 nitrogen and oxygen atoms in total. The smallest absolute Gasteiger partial charge is 0.852 e. The van der Waals surface area contributed by atoms with E-state index in [1.807, 2.05) is 0 Å². The molecule has 0 aromatic carbocycles. The SMILES string of the molecule is COC(=O)OCC[O-].[Li+]. The Labute approximate surface area is 65.3 Å². The number of carbonyl (C=O) groups is 1. The van der Waals surface area contributed by atoms with Crippen LogP contribution in [0.4, 0.5) is 4.79 Å². The second-order valence-corrected chi connectivity index (χ2v) is 1.01. The summed E-state index contributed by atoms with van der Waals surface area (Å²) in [7, 11) is 1.19. The van der Waals surface area contributed by atoms with Gasteiger partial charge >= 0.3 is 25.0 Å². The van der Waals surface area contributed by atoms with Gasteiger partial charge in [0.25, 0.3) is 0 Å². The maximum absolute atomic E-state index is 9.99. The van der Waals surface area contributed by atoms with E-state index in [1.165, 1.54) is 7.11 Å². The van der Waals surface area contributed by atoms with Crippen molar-refractivity contribution in [3.63, 3.8) is 0 Å². The summed E-state index contributed by atoms with van der Waals surface area (Å²) >= 11 is 0. The monoisotopic (exact) mass is 126 g/mol. The Bertz CT molecular complexity index is 75.0. The number of hydrogen-bond acceptors (Lipinski definition) is 4. The van der Waals surface area contributed by atoms with Crippen molar-refractivity contribution in [1.82, 2.24) is 0 Å². The maximum atomic E-state index is 9.99. The number of ether oxygens (including phenoxy) is 2. The summed E-state index contributed by atoms with van der Waals surface area (Å²) in [5.41, 5.74) is 0. The second kappa shape index (κ2) is 7.83. The first kappa shape index (κ1) is 11.6. The number of hydrogen-bond donors (Lipinski definition) is 0. The van der Waals surface area contributed by atoms with Gasteiger partial charge in [-0.1, -0.05) is 0 Å². The Kier molecular flexibility index (Phi) is 10.1. The van der Waals surface area contributed by atoms with Gasteiger partial charge < -0.3 is 14.6 Å². The van der Waals surface area contributed by atoms with E-state index in [-0.39, 0.29) is 25.5 Å².